The molecule has 0 amide bonds. The molecule has 1 heterocycles. The summed E-state index contributed by atoms with van der Waals surface area (Å²) in [5.41, 5.74) is 0.394. The SMILES string of the molecule is O=[N+]([O-])c1ccc(Cl)cc1NCCn1ccnn1. The molecule has 0 saturated carbocycles. The number of hydrogen-bond acceptors (Lipinski definition) is 5. The molecule has 1 aromatic heterocycles. The third-order valence-electron chi connectivity index (χ3n) is 2.28. The number of nitrogens with zero attached hydrogens (tertiary/aromatic N) is 4. The molecule has 0 bridgehead atoms. The minimum Gasteiger partial charge on any atom is -0.378 e. The molecule has 8 heteroatoms. The van der Waals surface area contributed by atoms with Crippen molar-refractivity contribution in [1.29, 1.82) is 0 Å². The summed E-state index contributed by atoms with van der Waals surface area (Å²) in [5, 5.41) is 21.7. The van der Waals surface area contributed by atoms with E-state index < -0.39 is 4.92 Å². The van der Waals surface area contributed by atoms with Crippen LogP contribution in [-0.4, -0.2) is 26.5 Å². The van der Waals surface area contributed by atoms with Crippen LogP contribution in [0.15, 0.2) is 30.6 Å². The van der Waals surface area contributed by atoms with Crippen LogP contribution in [0.1, 0.15) is 0 Å². The van der Waals surface area contributed by atoms with E-state index in [2.05, 4.69) is 15.6 Å². The summed E-state index contributed by atoms with van der Waals surface area (Å²) in [4.78, 5) is 10.4. The highest BCUT2D eigenvalue weighted by molar-refractivity contribution is 6.31. The van der Waals surface area contributed by atoms with Crippen molar-refractivity contribution in [3.05, 3.63) is 45.7 Å². The van der Waals surface area contributed by atoms with E-state index >= 15 is 0 Å². The number of rotatable bonds is 5. The standard InChI is InChI=1S/C10H10ClN5O2/c11-8-1-2-10(16(17)18)9(7-8)12-3-5-15-6-4-13-14-15/h1-2,4,6-7,12H,3,5H2. The Bertz CT molecular complexity index is 543. The predicted octanol–water partition coefficient (Wildman–Crippen LogP) is 1.95. The van der Waals surface area contributed by atoms with Gasteiger partial charge in [-0.3, -0.25) is 14.8 Å². The highest BCUT2D eigenvalue weighted by atomic mass is 35.5. The Morgan fingerprint density at radius 1 is 1.50 bits per heavy atom. The average Bonchev–Trinajstić information content (AvgIpc) is 2.82. The summed E-state index contributed by atoms with van der Waals surface area (Å²) in [5.74, 6) is 0. The van der Waals surface area contributed by atoms with Gasteiger partial charge >= 0.3 is 0 Å². The first kappa shape index (κ1) is 12.3. The highest BCUT2D eigenvalue weighted by Crippen LogP contribution is 2.27. The Morgan fingerprint density at radius 3 is 3.00 bits per heavy atom. The predicted molar refractivity (Wildman–Crippen MR) is 66.6 cm³/mol. The molecule has 1 aromatic carbocycles. The monoisotopic (exact) mass is 267 g/mol. The van der Waals surface area contributed by atoms with E-state index in [4.69, 9.17) is 11.6 Å². The number of nitrogens with one attached hydrogen (secondary N) is 1. The van der Waals surface area contributed by atoms with Gasteiger partial charge in [0.05, 0.1) is 17.7 Å². The number of anilines is 1. The third-order valence-corrected chi connectivity index (χ3v) is 2.52. The molecular formula is C10H10ClN5O2. The Balaban J connectivity index is 2.03. The molecular weight excluding hydrogens is 258 g/mol. The summed E-state index contributed by atoms with van der Waals surface area (Å²) in [7, 11) is 0. The van der Waals surface area contributed by atoms with Gasteiger partial charge in [-0.15, -0.1) is 5.10 Å². The minimum atomic E-state index is -0.450. The third kappa shape index (κ3) is 2.95. The second kappa shape index (κ2) is 5.46. The summed E-state index contributed by atoms with van der Waals surface area (Å²) < 4.78 is 1.63. The molecule has 0 aliphatic heterocycles. The first-order valence-corrected chi connectivity index (χ1v) is 5.56. The lowest BCUT2D eigenvalue weighted by Gasteiger charge is -2.07. The van der Waals surface area contributed by atoms with Gasteiger partial charge in [-0.1, -0.05) is 16.8 Å². The molecule has 0 spiro atoms. The van der Waals surface area contributed by atoms with Crippen LogP contribution >= 0.6 is 11.6 Å². The van der Waals surface area contributed by atoms with Crippen molar-refractivity contribution in [3.8, 4) is 0 Å². The van der Waals surface area contributed by atoms with Crippen LogP contribution in [0, 0.1) is 10.1 Å². The van der Waals surface area contributed by atoms with Crippen molar-refractivity contribution < 1.29 is 4.92 Å². The van der Waals surface area contributed by atoms with Crippen LogP contribution in [0.4, 0.5) is 11.4 Å². The Hall–Kier alpha value is -2.15. The molecule has 7 nitrogen and oxygen atoms in total. The highest BCUT2D eigenvalue weighted by Gasteiger charge is 2.13. The van der Waals surface area contributed by atoms with Crippen molar-refractivity contribution in [2.45, 2.75) is 6.54 Å². The van der Waals surface area contributed by atoms with E-state index in [9.17, 15) is 10.1 Å². The number of aromatic nitrogens is 3. The Labute approximate surface area is 108 Å². The van der Waals surface area contributed by atoms with E-state index in [0.717, 1.165) is 0 Å². The topological polar surface area (TPSA) is 85.9 Å². The number of halogens is 1. The van der Waals surface area contributed by atoms with E-state index in [1.807, 2.05) is 0 Å². The molecule has 2 rings (SSSR count). The van der Waals surface area contributed by atoms with Crippen molar-refractivity contribution in [2.75, 3.05) is 11.9 Å². The second-order valence-corrected chi connectivity index (χ2v) is 3.95. The maximum atomic E-state index is 10.8. The normalized spacial score (nSPS) is 10.3. The van der Waals surface area contributed by atoms with Gasteiger partial charge in [0.15, 0.2) is 0 Å². The second-order valence-electron chi connectivity index (χ2n) is 3.51. The molecule has 0 aliphatic carbocycles. The van der Waals surface area contributed by atoms with E-state index in [1.165, 1.54) is 18.2 Å². The zero-order valence-corrected chi connectivity index (χ0v) is 10.0. The van der Waals surface area contributed by atoms with E-state index in [0.29, 0.717) is 23.8 Å². The zero-order chi connectivity index (χ0) is 13.0. The number of hydrogen-bond donors (Lipinski definition) is 1. The summed E-state index contributed by atoms with van der Waals surface area (Å²) in [6, 6.07) is 4.39. The Morgan fingerprint density at radius 2 is 2.33 bits per heavy atom. The maximum Gasteiger partial charge on any atom is 0.292 e. The number of benzene rings is 1. The van der Waals surface area contributed by atoms with Crippen LogP contribution in [0.2, 0.25) is 5.02 Å². The molecule has 0 fully saturated rings. The molecule has 0 radical (unpaired) electrons. The first-order chi connectivity index (χ1) is 8.66. The summed E-state index contributed by atoms with van der Waals surface area (Å²) >= 11 is 5.81. The van der Waals surface area contributed by atoms with Gasteiger partial charge in [0.1, 0.15) is 5.69 Å². The molecule has 0 atom stereocenters. The van der Waals surface area contributed by atoms with Crippen LogP contribution < -0.4 is 5.32 Å². The molecule has 18 heavy (non-hydrogen) atoms. The number of nitro groups is 1. The summed E-state index contributed by atoms with van der Waals surface area (Å²) in [6.45, 7) is 1.05. The van der Waals surface area contributed by atoms with Gasteiger partial charge < -0.3 is 5.32 Å². The maximum absolute atomic E-state index is 10.8. The van der Waals surface area contributed by atoms with Gasteiger partial charge in [0.2, 0.25) is 0 Å². The van der Waals surface area contributed by atoms with Crippen molar-refractivity contribution in [2.24, 2.45) is 0 Å². The van der Waals surface area contributed by atoms with Crippen LogP contribution in [0.3, 0.4) is 0 Å². The van der Waals surface area contributed by atoms with Crippen LogP contribution in [0.5, 0.6) is 0 Å². The lowest BCUT2D eigenvalue weighted by Crippen LogP contribution is -2.12. The lowest BCUT2D eigenvalue weighted by atomic mass is 10.2. The molecule has 0 saturated heterocycles. The van der Waals surface area contributed by atoms with Crippen molar-refractivity contribution >= 4 is 23.0 Å². The van der Waals surface area contributed by atoms with Crippen molar-refractivity contribution in [1.82, 2.24) is 15.0 Å². The fraction of sp³-hybridized carbons (Fsp3) is 0.200. The fourth-order valence-electron chi connectivity index (χ4n) is 1.47. The van der Waals surface area contributed by atoms with Gasteiger partial charge in [-0.2, -0.15) is 0 Å². The van der Waals surface area contributed by atoms with E-state index in [-0.39, 0.29) is 5.69 Å². The lowest BCUT2D eigenvalue weighted by molar-refractivity contribution is -0.384. The molecule has 94 valence electrons. The van der Waals surface area contributed by atoms with Gasteiger partial charge in [-0.25, -0.2) is 0 Å². The van der Waals surface area contributed by atoms with Gasteiger partial charge in [-0.05, 0) is 12.1 Å². The quantitative estimate of drug-likeness (QED) is 0.661. The van der Waals surface area contributed by atoms with Crippen LogP contribution in [-0.2, 0) is 6.54 Å². The molecule has 2 aromatic rings. The summed E-state index contributed by atoms with van der Waals surface area (Å²) in [6.07, 6.45) is 3.29. The van der Waals surface area contributed by atoms with Crippen molar-refractivity contribution in [3.63, 3.8) is 0 Å². The average molecular weight is 268 g/mol. The van der Waals surface area contributed by atoms with Gasteiger partial charge in [0, 0.05) is 23.8 Å². The molecule has 1 N–H and O–H groups in total. The zero-order valence-electron chi connectivity index (χ0n) is 9.28. The minimum absolute atomic E-state index is 0.00186. The van der Waals surface area contributed by atoms with Gasteiger partial charge in [0.25, 0.3) is 5.69 Å². The smallest absolute Gasteiger partial charge is 0.292 e. The fourth-order valence-corrected chi connectivity index (χ4v) is 1.64. The van der Waals surface area contributed by atoms with E-state index in [1.54, 1.807) is 17.1 Å². The number of nitro benzene ring substituents is 1. The first-order valence-electron chi connectivity index (χ1n) is 5.19. The molecule has 0 aliphatic rings. The van der Waals surface area contributed by atoms with Crippen LogP contribution in [0.25, 0.3) is 0 Å². The Kier molecular flexibility index (Phi) is 3.73. The largest absolute Gasteiger partial charge is 0.378 e. The molecule has 0 unspecified atom stereocenters.